The van der Waals surface area contributed by atoms with E-state index < -0.39 is 0 Å². The van der Waals surface area contributed by atoms with Crippen LogP contribution in [0.2, 0.25) is 0 Å². The Labute approximate surface area is 188 Å². The number of hydrogen-bond donors (Lipinski definition) is 0. The van der Waals surface area contributed by atoms with Crippen molar-refractivity contribution >= 4 is 34.6 Å². The normalized spacial score (nSPS) is 20.4. The summed E-state index contributed by atoms with van der Waals surface area (Å²) in [6.45, 7) is 6.67. The van der Waals surface area contributed by atoms with Crippen LogP contribution in [-0.4, -0.2) is 87.6 Å². The van der Waals surface area contributed by atoms with Crippen molar-refractivity contribution in [3.8, 4) is 0 Å². The summed E-state index contributed by atoms with van der Waals surface area (Å²) < 4.78 is 2.06. The number of fused-ring (bicyclic) bond motifs is 1. The number of carbonyl (C=O) groups is 2. The van der Waals surface area contributed by atoms with Crippen LogP contribution in [0.5, 0.6) is 0 Å². The van der Waals surface area contributed by atoms with E-state index in [1.54, 1.807) is 11.8 Å². The number of hydrogen-bond acceptors (Lipinski definition) is 5. The molecule has 2 aliphatic heterocycles. The first kappa shape index (κ1) is 22.1. The summed E-state index contributed by atoms with van der Waals surface area (Å²) in [6.07, 6.45) is 5.49. The largest absolute Gasteiger partial charge is 0.339 e. The number of amides is 2. The lowest BCUT2D eigenvalue weighted by molar-refractivity contribution is -0.137. The van der Waals surface area contributed by atoms with E-state index in [1.165, 1.54) is 6.42 Å². The number of piperidine rings is 1. The van der Waals surface area contributed by atoms with Gasteiger partial charge in [0.2, 0.25) is 11.8 Å². The average Bonchev–Trinajstić information content (AvgIpc) is 3.12. The van der Waals surface area contributed by atoms with Gasteiger partial charge in [0.25, 0.3) is 0 Å². The molecule has 2 fully saturated rings. The Morgan fingerprint density at radius 2 is 1.81 bits per heavy atom. The highest BCUT2D eigenvalue weighted by Crippen LogP contribution is 2.20. The van der Waals surface area contributed by atoms with Gasteiger partial charge in [-0.2, -0.15) is 11.8 Å². The van der Waals surface area contributed by atoms with E-state index in [9.17, 15) is 9.59 Å². The fourth-order valence-electron chi connectivity index (χ4n) is 4.68. The molecule has 0 saturated carbocycles. The molecule has 0 N–H and O–H groups in total. The molecule has 0 radical (unpaired) electrons. The van der Waals surface area contributed by atoms with Crippen LogP contribution in [0.15, 0.2) is 24.3 Å². The van der Waals surface area contributed by atoms with E-state index in [-0.39, 0.29) is 11.8 Å². The Hall–Kier alpha value is -2.06. The van der Waals surface area contributed by atoms with Crippen LogP contribution < -0.4 is 0 Å². The van der Waals surface area contributed by atoms with Gasteiger partial charge >= 0.3 is 0 Å². The van der Waals surface area contributed by atoms with Gasteiger partial charge < -0.3 is 14.4 Å². The number of likely N-dealkylation sites (tertiary alicyclic amines) is 1. The first-order chi connectivity index (χ1) is 15.1. The van der Waals surface area contributed by atoms with Gasteiger partial charge in [-0.25, -0.2) is 4.98 Å². The van der Waals surface area contributed by atoms with Crippen molar-refractivity contribution in [3.63, 3.8) is 0 Å². The number of piperazine rings is 1. The van der Waals surface area contributed by atoms with Crippen molar-refractivity contribution in [3.05, 3.63) is 30.1 Å². The third-order valence-corrected chi connectivity index (χ3v) is 7.05. The average molecular weight is 444 g/mol. The van der Waals surface area contributed by atoms with Crippen LogP contribution in [0.4, 0.5) is 0 Å². The molecule has 1 unspecified atom stereocenters. The summed E-state index contributed by atoms with van der Waals surface area (Å²) in [5, 5.41) is 0. The van der Waals surface area contributed by atoms with Crippen LogP contribution in [0.25, 0.3) is 11.0 Å². The quantitative estimate of drug-likeness (QED) is 0.686. The van der Waals surface area contributed by atoms with E-state index in [2.05, 4.69) is 22.6 Å². The molecule has 2 amide bonds. The topological polar surface area (TPSA) is 61.7 Å². The van der Waals surface area contributed by atoms with Gasteiger partial charge in [-0.05, 0) is 44.6 Å². The molecule has 3 heterocycles. The molecule has 2 aromatic rings. The molecule has 2 aliphatic rings. The van der Waals surface area contributed by atoms with E-state index in [1.807, 2.05) is 34.1 Å². The lowest BCUT2D eigenvalue weighted by Gasteiger charge is -2.38. The van der Waals surface area contributed by atoms with Crippen molar-refractivity contribution in [2.24, 2.45) is 0 Å². The van der Waals surface area contributed by atoms with Crippen LogP contribution in [0, 0.1) is 0 Å². The zero-order valence-electron chi connectivity index (χ0n) is 18.6. The van der Waals surface area contributed by atoms with Crippen LogP contribution in [0.3, 0.4) is 0 Å². The fourth-order valence-corrected chi connectivity index (χ4v) is 5.16. The molecule has 0 bridgehead atoms. The van der Waals surface area contributed by atoms with Gasteiger partial charge in [0.1, 0.15) is 12.4 Å². The van der Waals surface area contributed by atoms with Crippen LogP contribution >= 0.6 is 11.8 Å². The van der Waals surface area contributed by atoms with E-state index in [0.717, 1.165) is 55.1 Å². The number of benzene rings is 1. The summed E-state index contributed by atoms with van der Waals surface area (Å²) in [4.78, 5) is 36.7. The minimum absolute atomic E-state index is 0.126. The van der Waals surface area contributed by atoms with Crippen molar-refractivity contribution in [2.45, 2.75) is 44.5 Å². The molecular formula is C23H33N5O2S. The van der Waals surface area contributed by atoms with Gasteiger partial charge in [0, 0.05) is 38.8 Å². The summed E-state index contributed by atoms with van der Waals surface area (Å²) in [6, 6.07) is 8.36. The highest BCUT2D eigenvalue weighted by atomic mass is 32.2. The summed E-state index contributed by atoms with van der Waals surface area (Å²) in [5.74, 6) is 2.09. The van der Waals surface area contributed by atoms with Crippen molar-refractivity contribution in [1.82, 2.24) is 24.3 Å². The van der Waals surface area contributed by atoms with Gasteiger partial charge in [0.15, 0.2) is 0 Å². The number of thioether (sulfide) groups is 1. The smallest absolute Gasteiger partial charge is 0.242 e. The number of imidazole rings is 1. The van der Waals surface area contributed by atoms with Gasteiger partial charge in [-0.3, -0.25) is 14.5 Å². The summed E-state index contributed by atoms with van der Waals surface area (Å²) in [5.41, 5.74) is 1.95. The molecule has 4 rings (SSSR count). The van der Waals surface area contributed by atoms with Gasteiger partial charge in [-0.15, -0.1) is 0 Å². The minimum Gasteiger partial charge on any atom is -0.339 e. The molecule has 1 atom stereocenters. The Balaban J connectivity index is 1.33. The van der Waals surface area contributed by atoms with Gasteiger partial charge in [0.05, 0.1) is 23.3 Å². The lowest BCUT2D eigenvalue weighted by atomic mass is 10.0. The second kappa shape index (κ2) is 10.0. The Kier molecular flexibility index (Phi) is 7.17. The maximum Gasteiger partial charge on any atom is 0.242 e. The summed E-state index contributed by atoms with van der Waals surface area (Å²) >= 11 is 1.71. The molecule has 1 aromatic heterocycles. The minimum atomic E-state index is 0.126. The Morgan fingerprint density at radius 1 is 1.03 bits per heavy atom. The lowest BCUT2D eigenvalue weighted by Crippen LogP contribution is -2.53. The molecule has 2 saturated heterocycles. The zero-order valence-corrected chi connectivity index (χ0v) is 19.4. The Bertz CT molecular complexity index is 922. The number of aromatic nitrogens is 2. The summed E-state index contributed by atoms with van der Waals surface area (Å²) in [7, 11) is 0. The predicted octanol–water partition coefficient (Wildman–Crippen LogP) is 2.44. The maximum absolute atomic E-state index is 13.1. The second-order valence-electron chi connectivity index (χ2n) is 8.62. The molecule has 0 aliphatic carbocycles. The first-order valence-electron chi connectivity index (χ1n) is 11.3. The number of rotatable bonds is 6. The Morgan fingerprint density at radius 3 is 2.55 bits per heavy atom. The molecule has 31 heavy (non-hydrogen) atoms. The third-order valence-electron chi connectivity index (χ3n) is 6.51. The highest BCUT2D eigenvalue weighted by Gasteiger charge is 2.27. The predicted molar refractivity (Wildman–Crippen MR) is 125 cm³/mol. The molecule has 8 heteroatoms. The molecule has 168 valence electrons. The van der Waals surface area contributed by atoms with Crippen LogP contribution in [-0.2, 0) is 21.9 Å². The standard InChI is InChI=1S/C23H33N5O2S/c1-18-7-5-6-10-27(18)23(30)15-25-11-13-26(14-12-25)22(29)16-28-20-9-4-3-8-19(20)24-21(28)17-31-2/h3-4,8-9,18H,5-7,10-17H2,1-2H3. The van der Waals surface area contributed by atoms with Gasteiger partial charge in [-0.1, -0.05) is 12.1 Å². The van der Waals surface area contributed by atoms with Crippen molar-refractivity contribution in [2.75, 3.05) is 45.5 Å². The van der Waals surface area contributed by atoms with E-state index in [4.69, 9.17) is 4.98 Å². The zero-order chi connectivity index (χ0) is 21.8. The molecular weight excluding hydrogens is 410 g/mol. The fraction of sp³-hybridized carbons (Fsp3) is 0.609. The second-order valence-corrected chi connectivity index (χ2v) is 9.49. The highest BCUT2D eigenvalue weighted by molar-refractivity contribution is 7.97. The SMILES string of the molecule is CSCc1nc2ccccc2n1CC(=O)N1CCN(CC(=O)N2CCCCC2C)CC1. The third kappa shape index (κ3) is 5.06. The van der Waals surface area contributed by atoms with E-state index in [0.29, 0.717) is 32.2 Å². The number of carbonyl (C=O) groups excluding carboxylic acids is 2. The number of nitrogens with zero attached hydrogens (tertiary/aromatic N) is 5. The monoisotopic (exact) mass is 443 g/mol. The molecule has 0 spiro atoms. The first-order valence-corrected chi connectivity index (χ1v) is 12.7. The molecule has 1 aromatic carbocycles. The van der Waals surface area contributed by atoms with Crippen molar-refractivity contribution < 1.29 is 9.59 Å². The maximum atomic E-state index is 13.1. The number of para-hydroxylation sites is 2. The van der Waals surface area contributed by atoms with E-state index >= 15 is 0 Å². The van der Waals surface area contributed by atoms with Crippen molar-refractivity contribution in [1.29, 1.82) is 0 Å². The van der Waals surface area contributed by atoms with Crippen LogP contribution in [0.1, 0.15) is 32.0 Å². The molecule has 7 nitrogen and oxygen atoms in total.